The van der Waals surface area contributed by atoms with Gasteiger partial charge in [0.15, 0.2) is 0 Å². The van der Waals surface area contributed by atoms with Gasteiger partial charge in [0.25, 0.3) is 0 Å². The van der Waals surface area contributed by atoms with E-state index in [9.17, 15) is 0 Å². The molecule has 0 atom stereocenters. The summed E-state index contributed by atoms with van der Waals surface area (Å²) in [7, 11) is 0. The molecule has 3 heteroatoms. The molecule has 45 heavy (non-hydrogen) atoms. The van der Waals surface area contributed by atoms with Crippen molar-refractivity contribution < 1.29 is 0 Å². The van der Waals surface area contributed by atoms with Gasteiger partial charge in [0.1, 0.15) is 5.69 Å². The van der Waals surface area contributed by atoms with Gasteiger partial charge in [-0.2, -0.15) is 5.10 Å². The van der Waals surface area contributed by atoms with Crippen LogP contribution in [0.1, 0.15) is 0 Å². The van der Waals surface area contributed by atoms with Gasteiger partial charge < -0.3 is 0 Å². The maximum absolute atomic E-state index is 5.46. The van der Waals surface area contributed by atoms with E-state index in [1.54, 1.807) is 0 Å². The molecule has 6 aromatic carbocycles. The molecule has 0 bridgehead atoms. The summed E-state index contributed by atoms with van der Waals surface area (Å²) in [6.45, 7) is 0. The first-order valence-corrected chi connectivity index (χ1v) is 15.3. The second kappa shape index (κ2) is 10.3. The van der Waals surface area contributed by atoms with Crippen LogP contribution < -0.4 is 0 Å². The quantitative estimate of drug-likeness (QED) is 0.210. The molecule has 0 saturated carbocycles. The minimum Gasteiger partial charge on any atom is -0.255 e. The van der Waals surface area contributed by atoms with E-state index >= 15 is 0 Å². The molecular formula is C42H27N3. The minimum atomic E-state index is 0.887. The minimum absolute atomic E-state index is 0.887. The van der Waals surface area contributed by atoms with Gasteiger partial charge in [0.05, 0.1) is 16.9 Å². The highest BCUT2D eigenvalue weighted by atomic mass is 15.2. The fourth-order valence-corrected chi connectivity index (χ4v) is 6.85. The molecule has 0 unspecified atom stereocenters. The van der Waals surface area contributed by atoms with Crippen LogP contribution in [0.2, 0.25) is 0 Å². The zero-order chi connectivity index (χ0) is 29.7. The van der Waals surface area contributed by atoms with Gasteiger partial charge in [-0.15, -0.1) is 0 Å². The lowest BCUT2D eigenvalue weighted by atomic mass is 9.89. The Hall–Kier alpha value is -6.06. The molecule has 3 heterocycles. The number of hydrogen-bond donors (Lipinski definition) is 0. The van der Waals surface area contributed by atoms with Gasteiger partial charge in [0, 0.05) is 22.7 Å². The largest absolute Gasteiger partial charge is 0.255 e. The van der Waals surface area contributed by atoms with Crippen LogP contribution >= 0.6 is 0 Å². The average Bonchev–Trinajstić information content (AvgIpc) is 3.52. The molecule has 0 saturated heterocycles. The van der Waals surface area contributed by atoms with E-state index in [2.05, 4.69) is 150 Å². The number of benzene rings is 6. The number of nitrogens with zero attached hydrogens (tertiary/aromatic N) is 3. The van der Waals surface area contributed by atoms with Crippen molar-refractivity contribution in [2.45, 2.75) is 0 Å². The third-order valence-electron chi connectivity index (χ3n) is 8.87. The molecule has 0 aliphatic heterocycles. The second-order valence-electron chi connectivity index (χ2n) is 11.4. The highest BCUT2D eigenvalue weighted by molar-refractivity contribution is 6.14. The van der Waals surface area contributed by atoms with Gasteiger partial charge in [-0.3, -0.25) is 4.98 Å². The van der Waals surface area contributed by atoms with Crippen molar-refractivity contribution in [1.82, 2.24) is 14.6 Å². The first kappa shape index (κ1) is 25.4. The van der Waals surface area contributed by atoms with Crippen molar-refractivity contribution in [3.63, 3.8) is 0 Å². The summed E-state index contributed by atoms with van der Waals surface area (Å²) in [5.74, 6) is 0. The fraction of sp³-hybridized carbons (Fsp3) is 0. The van der Waals surface area contributed by atoms with Crippen LogP contribution in [0.5, 0.6) is 0 Å². The van der Waals surface area contributed by atoms with Crippen LogP contribution in [-0.2, 0) is 0 Å². The van der Waals surface area contributed by atoms with Crippen LogP contribution in [0.3, 0.4) is 0 Å². The van der Waals surface area contributed by atoms with Crippen LogP contribution in [0.25, 0.3) is 82.7 Å². The Labute approximate surface area is 260 Å². The highest BCUT2D eigenvalue weighted by Crippen LogP contribution is 2.44. The van der Waals surface area contributed by atoms with E-state index in [1.807, 2.05) is 18.3 Å². The molecule has 0 fully saturated rings. The third-order valence-corrected chi connectivity index (χ3v) is 8.87. The second-order valence-corrected chi connectivity index (χ2v) is 11.4. The predicted octanol–water partition coefficient (Wildman–Crippen LogP) is 10.9. The maximum Gasteiger partial charge on any atom is 0.102 e. The van der Waals surface area contributed by atoms with E-state index in [4.69, 9.17) is 10.1 Å². The molecule has 0 amide bonds. The van der Waals surface area contributed by atoms with E-state index in [0.29, 0.717) is 0 Å². The Balaban J connectivity index is 1.40. The summed E-state index contributed by atoms with van der Waals surface area (Å²) in [6.07, 6.45) is 1.85. The molecule has 0 spiro atoms. The summed E-state index contributed by atoms with van der Waals surface area (Å²) < 4.78 is 2.11. The molecule has 3 nitrogen and oxygen atoms in total. The SMILES string of the molecule is c1ccc(-c2c(-c3ccc(-c4cccc5ccccc45)c4ccccc34)nn3c(-c4ccccn4)cc4ccccc4c23)cc1. The van der Waals surface area contributed by atoms with Crippen LogP contribution in [0.15, 0.2) is 164 Å². The first-order valence-electron chi connectivity index (χ1n) is 15.3. The molecule has 0 aliphatic rings. The van der Waals surface area contributed by atoms with Gasteiger partial charge in [-0.1, -0.05) is 140 Å². The standard InChI is InChI=1S/C42H27N3/c1-2-14-29(15-3-1)40-41(44-45-39(38-23-10-11-26-43-38)27-30-16-5-7-19-32(30)42(40)45)37-25-24-36(34-20-8-9-21-35(34)37)33-22-12-17-28-13-4-6-18-31(28)33/h1-27H. The zero-order valence-corrected chi connectivity index (χ0v) is 24.4. The predicted molar refractivity (Wildman–Crippen MR) is 187 cm³/mol. The lowest BCUT2D eigenvalue weighted by Crippen LogP contribution is -1.97. The molecule has 9 rings (SSSR count). The number of fused-ring (bicyclic) bond motifs is 5. The van der Waals surface area contributed by atoms with Crippen LogP contribution in [-0.4, -0.2) is 14.6 Å². The van der Waals surface area contributed by atoms with E-state index in [-0.39, 0.29) is 0 Å². The maximum atomic E-state index is 5.46. The van der Waals surface area contributed by atoms with Crippen molar-refractivity contribution in [1.29, 1.82) is 0 Å². The van der Waals surface area contributed by atoms with Crippen LogP contribution in [0.4, 0.5) is 0 Å². The lowest BCUT2D eigenvalue weighted by molar-refractivity contribution is 0.973. The van der Waals surface area contributed by atoms with Crippen molar-refractivity contribution in [2.75, 3.05) is 0 Å². The molecule has 0 radical (unpaired) electrons. The monoisotopic (exact) mass is 573 g/mol. The Morgan fingerprint density at radius 2 is 1.07 bits per heavy atom. The van der Waals surface area contributed by atoms with E-state index in [0.717, 1.165) is 50.1 Å². The van der Waals surface area contributed by atoms with E-state index < -0.39 is 0 Å². The molecular weight excluding hydrogens is 546 g/mol. The van der Waals surface area contributed by atoms with Crippen LogP contribution in [0, 0.1) is 0 Å². The smallest absolute Gasteiger partial charge is 0.102 e. The summed E-state index contributed by atoms with van der Waals surface area (Å²) in [6, 6.07) is 56.0. The van der Waals surface area contributed by atoms with Crippen molar-refractivity contribution in [3.8, 4) is 44.9 Å². The van der Waals surface area contributed by atoms with Crippen molar-refractivity contribution in [2.24, 2.45) is 0 Å². The van der Waals surface area contributed by atoms with Crippen molar-refractivity contribution in [3.05, 3.63) is 164 Å². The number of hydrogen-bond acceptors (Lipinski definition) is 2. The lowest BCUT2D eigenvalue weighted by Gasteiger charge is -2.14. The van der Waals surface area contributed by atoms with Crippen molar-refractivity contribution >= 4 is 37.8 Å². The summed E-state index contributed by atoms with van der Waals surface area (Å²) in [5.41, 5.74) is 9.69. The average molecular weight is 574 g/mol. The Morgan fingerprint density at radius 3 is 1.87 bits per heavy atom. The fourth-order valence-electron chi connectivity index (χ4n) is 6.85. The first-order chi connectivity index (χ1) is 22.3. The highest BCUT2D eigenvalue weighted by Gasteiger charge is 2.23. The number of pyridine rings is 2. The zero-order valence-electron chi connectivity index (χ0n) is 24.4. The number of rotatable bonds is 4. The summed E-state index contributed by atoms with van der Waals surface area (Å²) in [5, 5.41) is 12.7. The van der Waals surface area contributed by atoms with E-state index in [1.165, 1.54) is 32.7 Å². The third kappa shape index (κ3) is 4.05. The van der Waals surface area contributed by atoms with Gasteiger partial charge in [0.2, 0.25) is 0 Å². The van der Waals surface area contributed by atoms with Gasteiger partial charge >= 0.3 is 0 Å². The molecule has 210 valence electrons. The Bertz CT molecular complexity index is 2520. The topological polar surface area (TPSA) is 30.2 Å². The molecule has 0 aliphatic carbocycles. The van der Waals surface area contributed by atoms with Gasteiger partial charge in [-0.25, -0.2) is 4.52 Å². The Kier molecular flexibility index (Phi) is 5.82. The molecule has 0 N–H and O–H groups in total. The molecule has 3 aromatic heterocycles. The summed E-state index contributed by atoms with van der Waals surface area (Å²) >= 11 is 0. The summed E-state index contributed by atoms with van der Waals surface area (Å²) in [4.78, 5) is 4.75. The normalized spacial score (nSPS) is 11.6. The Morgan fingerprint density at radius 1 is 0.444 bits per heavy atom. The van der Waals surface area contributed by atoms with Gasteiger partial charge in [-0.05, 0) is 61.8 Å². The molecule has 9 aromatic rings. The number of aromatic nitrogens is 3.